The normalized spacial score (nSPS) is 18.6. The van der Waals surface area contributed by atoms with Gasteiger partial charge >= 0.3 is 6.18 Å². The van der Waals surface area contributed by atoms with Crippen molar-refractivity contribution in [2.45, 2.75) is 18.6 Å². The van der Waals surface area contributed by atoms with Crippen molar-refractivity contribution in [3.05, 3.63) is 60.2 Å². The van der Waals surface area contributed by atoms with Gasteiger partial charge in [0.1, 0.15) is 0 Å². The largest absolute Gasteiger partial charge is 0.416 e. The summed E-state index contributed by atoms with van der Waals surface area (Å²) in [5.41, 5.74) is 0.184. The van der Waals surface area contributed by atoms with Crippen molar-refractivity contribution in [2.75, 3.05) is 28.3 Å². The van der Waals surface area contributed by atoms with Gasteiger partial charge in [-0.2, -0.15) is 13.2 Å². The maximum atomic E-state index is 12.8. The number of carbonyl (C=O) groups excluding carboxylic acids is 1. The molecule has 0 spiro atoms. The molecule has 0 aliphatic carbocycles. The number of hydrogen-bond acceptors (Lipinski definition) is 4. The molecule has 1 aliphatic heterocycles. The number of hydrogen-bond donors (Lipinski definition) is 1. The molecule has 9 heteroatoms. The van der Waals surface area contributed by atoms with Crippen molar-refractivity contribution >= 4 is 27.1 Å². The number of nitrogens with zero attached hydrogens (tertiary/aromatic N) is 1. The second-order valence-corrected chi connectivity index (χ2v) is 8.81. The molecule has 28 heavy (non-hydrogen) atoms. The van der Waals surface area contributed by atoms with Crippen LogP contribution in [0.3, 0.4) is 0 Å². The van der Waals surface area contributed by atoms with E-state index in [1.807, 2.05) is 0 Å². The Labute approximate surface area is 161 Å². The van der Waals surface area contributed by atoms with Crippen molar-refractivity contribution < 1.29 is 26.4 Å². The lowest BCUT2D eigenvalue weighted by atomic mass is 10.1. The molecular formula is C19H19F3N2O3S. The molecule has 5 nitrogen and oxygen atoms in total. The molecule has 1 heterocycles. The first kappa shape index (κ1) is 20.2. The fourth-order valence-electron chi connectivity index (χ4n) is 3.17. The van der Waals surface area contributed by atoms with Crippen molar-refractivity contribution in [2.24, 2.45) is 0 Å². The van der Waals surface area contributed by atoms with Crippen LogP contribution in [0.4, 0.5) is 24.5 Å². The summed E-state index contributed by atoms with van der Waals surface area (Å²) in [4.78, 5) is 14.3. The van der Waals surface area contributed by atoms with E-state index < -0.39 is 27.6 Å². The lowest BCUT2D eigenvalue weighted by Gasteiger charge is -2.28. The van der Waals surface area contributed by atoms with Crippen LogP contribution in [0.1, 0.15) is 12.0 Å². The van der Waals surface area contributed by atoms with Crippen LogP contribution in [0, 0.1) is 0 Å². The molecule has 1 saturated heterocycles. The monoisotopic (exact) mass is 412 g/mol. The first-order valence-electron chi connectivity index (χ1n) is 8.64. The van der Waals surface area contributed by atoms with E-state index in [0.29, 0.717) is 17.8 Å². The highest BCUT2D eigenvalue weighted by Gasteiger charge is 2.35. The average molecular weight is 412 g/mol. The molecule has 0 saturated carbocycles. The average Bonchev–Trinajstić information content (AvgIpc) is 3.00. The summed E-state index contributed by atoms with van der Waals surface area (Å²) in [6.45, 7) is -0.170. The van der Waals surface area contributed by atoms with Gasteiger partial charge in [0.2, 0.25) is 5.91 Å². The molecule has 0 radical (unpaired) electrons. The summed E-state index contributed by atoms with van der Waals surface area (Å²) in [6, 6.07) is 12.7. The Morgan fingerprint density at radius 3 is 2.25 bits per heavy atom. The second kappa shape index (κ2) is 7.83. The Morgan fingerprint density at radius 2 is 1.71 bits per heavy atom. The Balaban J connectivity index is 1.73. The molecule has 2 aromatic rings. The van der Waals surface area contributed by atoms with Gasteiger partial charge in [-0.1, -0.05) is 18.2 Å². The van der Waals surface area contributed by atoms with E-state index in [-0.39, 0.29) is 24.0 Å². The van der Waals surface area contributed by atoms with Gasteiger partial charge in [0, 0.05) is 11.4 Å². The van der Waals surface area contributed by atoms with Gasteiger partial charge in [-0.25, -0.2) is 8.42 Å². The standard InChI is InChI=1S/C19H19F3N2O3S/c20-19(21,22)14-6-8-15(9-7-14)23-12-18(25)24(16-4-2-1-3-5-16)17-10-11-28(26,27)13-17/h1-9,17,23H,10-13H2/t17-/m1/s1. The summed E-state index contributed by atoms with van der Waals surface area (Å²) in [5, 5.41) is 2.81. The molecule has 1 aliphatic rings. The summed E-state index contributed by atoms with van der Waals surface area (Å²) >= 11 is 0. The van der Waals surface area contributed by atoms with Crippen LogP contribution in [0.2, 0.25) is 0 Å². The minimum Gasteiger partial charge on any atom is -0.376 e. The summed E-state index contributed by atoms with van der Waals surface area (Å²) in [5.74, 6) is -0.428. The number of carbonyl (C=O) groups is 1. The first-order valence-corrected chi connectivity index (χ1v) is 10.5. The van der Waals surface area contributed by atoms with E-state index in [0.717, 1.165) is 12.1 Å². The molecule has 1 atom stereocenters. The van der Waals surface area contributed by atoms with Crippen molar-refractivity contribution in [3.8, 4) is 0 Å². The maximum Gasteiger partial charge on any atom is 0.416 e. The lowest BCUT2D eigenvalue weighted by Crippen LogP contribution is -2.44. The van der Waals surface area contributed by atoms with Crippen LogP contribution in [0.25, 0.3) is 0 Å². The van der Waals surface area contributed by atoms with Gasteiger partial charge < -0.3 is 10.2 Å². The zero-order chi connectivity index (χ0) is 20.4. The Kier molecular flexibility index (Phi) is 5.64. The zero-order valence-corrected chi connectivity index (χ0v) is 15.6. The molecule has 1 fully saturated rings. The fourth-order valence-corrected chi connectivity index (χ4v) is 4.87. The van der Waals surface area contributed by atoms with Gasteiger partial charge in [-0.15, -0.1) is 0 Å². The molecule has 150 valence electrons. The number of sulfone groups is 1. The van der Waals surface area contributed by atoms with Gasteiger partial charge in [0.15, 0.2) is 9.84 Å². The number of amides is 1. The molecule has 0 unspecified atom stereocenters. The van der Waals surface area contributed by atoms with Crippen LogP contribution in [-0.4, -0.2) is 38.4 Å². The highest BCUT2D eigenvalue weighted by atomic mass is 32.2. The third-order valence-corrected chi connectivity index (χ3v) is 6.28. The molecule has 0 bridgehead atoms. The second-order valence-electron chi connectivity index (χ2n) is 6.58. The number of halogens is 3. The van der Waals surface area contributed by atoms with Gasteiger partial charge in [-0.05, 0) is 42.8 Å². The molecule has 1 amide bonds. The molecule has 2 aromatic carbocycles. The number of anilines is 2. The first-order chi connectivity index (χ1) is 13.2. The van der Waals surface area contributed by atoms with Crippen molar-refractivity contribution in [3.63, 3.8) is 0 Å². The highest BCUT2D eigenvalue weighted by molar-refractivity contribution is 7.91. The van der Waals surface area contributed by atoms with Crippen molar-refractivity contribution in [1.82, 2.24) is 0 Å². The predicted molar refractivity (Wildman–Crippen MR) is 101 cm³/mol. The smallest absolute Gasteiger partial charge is 0.376 e. The molecule has 0 aromatic heterocycles. The number of para-hydroxylation sites is 1. The van der Waals surface area contributed by atoms with E-state index in [9.17, 15) is 26.4 Å². The van der Waals surface area contributed by atoms with E-state index in [1.165, 1.54) is 17.0 Å². The lowest BCUT2D eigenvalue weighted by molar-refractivity contribution is -0.137. The van der Waals surface area contributed by atoms with Crippen LogP contribution in [-0.2, 0) is 20.8 Å². The number of benzene rings is 2. The van der Waals surface area contributed by atoms with E-state index >= 15 is 0 Å². The molecule has 1 N–H and O–H groups in total. The minimum atomic E-state index is -4.42. The topological polar surface area (TPSA) is 66.5 Å². The van der Waals surface area contributed by atoms with Crippen LogP contribution in [0.15, 0.2) is 54.6 Å². The van der Waals surface area contributed by atoms with Gasteiger partial charge in [0.05, 0.1) is 29.7 Å². The summed E-state index contributed by atoms with van der Waals surface area (Å²) < 4.78 is 61.6. The van der Waals surface area contributed by atoms with E-state index in [2.05, 4.69) is 5.32 Å². The van der Waals surface area contributed by atoms with Crippen LogP contribution >= 0.6 is 0 Å². The summed E-state index contributed by atoms with van der Waals surface area (Å²) in [7, 11) is -3.19. The van der Waals surface area contributed by atoms with Gasteiger partial charge in [-0.3, -0.25) is 4.79 Å². The number of alkyl halides is 3. The zero-order valence-electron chi connectivity index (χ0n) is 14.8. The Hall–Kier alpha value is -2.55. The Morgan fingerprint density at radius 1 is 1.07 bits per heavy atom. The quantitative estimate of drug-likeness (QED) is 0.818. The maximum absolute atomic E-state index is 12.8. The van der Waals surface area contributed by atoms with Crippen LogP contribution in [0.5, 0.6) is 0 Å². The fraction of sp³-hybridized carbons (Fsp3) is 0.316. The van der Waals surface area contributed by atoms with Crippen LogP contribution < -0.4 is 10.2 Å². The SMILES string of the molecule is O=C(CNc1ccc(C(F)(F)F)cc1)N(c1ccccc1)[C@@H]1CCS(=O)(=O)C1. The number of rotatable bonds is 5. The Bertz CT molecular complexity index is 929. The predicted octanol–water partition coefficient (Wildman–Crippen LogP) is 3.34. The van der Waals surface area contributed by atoms with E-state index in [4.69, 9.17) is 0 Å². The third-order valence-electron chi connectivity index (χ3n) is 4.53. The minimum absolute atomic E-state index is 0.0284. The van der Waals surface area contributed by atoms with E-state index in [1.54, 1.807) is 30.3 Å². The third kappa shape index (κ3) is 4.83. The number of nitrogens with one attached hydrogen (secondary N) is 1. The molecular weight excluding hydrogens is 393 g/mol. The summed E-state index contributed by atoms with van der Waals surface area (Å²) in [6.07, 6.45) is -4.07. The molecule has 3 rings (SSSR count). The van der Waals surface area contributed by atoms with Gasteiger partial charge in [0.25, 0.3) is 0 Å². The highest BCUT2D eigenvalue weighted by Crippen LogP contribution is 2.30. The van der Waals surface area contributed by atoms with Crippen molar-refractivity contribution in [1.29, 1.82) is 0 Å².